The summed E-state index contributed by atoms with van der Waals surface area (Å²) in [6.45, 7) is 7.64. The molecule has 2 heterocycles. The Hall–Kier alpha value is -4.05. The molecule has 1 atom stereocenters. The minimum absolute atomic E-state index is 0.0101. The molecule has 9 nitrogen and oxygen atoms in total. The van der Waals surface area contributed by atoms with Crippen LogP contribution in [0, 0.1) is 5.92 Å². The second kappa shape index (κ2) is 15.8. The van der Waals surface area contributed by atoms with E-state index in [-0.39, 0.29) is 29.8 Å². The topological polar surface area (TPSA) is 117 Å². The molecule has 238 valence electrons. The highest BCUT2D eigenvalue weighted by Crippen LogP contribution is 2.28. The van der Waals surface area contributed by atoms with Gasteiger partial charge in [-0.3, -0.25) is 19.8 Å². The number of nitrogens with one attached hydrogen (secondary N) is 2. The number of rotatable bonds is 12. The number of hydrogen-bond acceptors (Lipinski definition) is 7. The summed E-state index contributed by atoms with van der Waals surface area (Å²) in [7, 11) is 0. The zero-order valence-corrected chi connectivity index (χ0v) is 26.1. The number of Topliss-reactive ketones (excluding diaryl/α,β-unsaturated/α-hetero) is 1. The van der Waals surface area contributed by atoms with Gasteiger partial charge in [-0.15, -0.1) is 0 Å². The molecule has 9 heteroatoms. The van der Waals surface area contributed by atoms with Gasteiger partial charge in [0.05, 0.1) is 11.7 Å². The molecule has 1 unspecified atom stereocenters. The number of ketones is 1. The Balaban J connectivity index is 0.986. The van der Waals surface area contributed by atoms with Crippen LogP contribution in [0.5, 0.6) is 0 Å². The van der Waals surface area contributed by atoms with E-state index in [0.717, 1.165) is 87.3 Å². The van der Waals surface area contributed by atoms with Crippen molar-refractivity contribution in [2.45, 2.75) is 51.3 Å². The fourth-order valence-electron chi connectivity index (χ4n) is 6.19. The second-order valence-corrected chi connectivity index (χ2v) is 12.2. The summed E-state index contributed by atoms with van der Waals surface area (Å²) >= 11 is 0. The van der Waals surface area contributed by atoms with Gasteiger partial charge in [0.1, 0.15) is 6.10 Å². The maximum absolute atomic E-state index is 13.0. The van der Waals surface area contributed by atoms with E-state index in [1.54, 1.807) is 0 Å². The fourth-order valence-corrected chi connectivity index (χ4v) is 6.19. The number of benzene rings is 3. The molecule has 4 N–H and O–H groups in total. The highest BCUT2D eigenvalue weighted by Gasteiger charge is 2.24. The normalized spacial score (nSPS) is 17.4. The van der Waals surface area contributed by atoms with Gasteiger partial charge in [-0.05, 0) is 62.9 Å². The number of para-hydroxylation sites is 1. The van der Waals surface area contributed by atoms with Crippen molar-refractivity contribution in [2.75, 3.05) is 44.6 Å². The summed E-state index contributed by atoms with van der Waals surface area (Å²) < 4.78 is 5.76. The van der Waals surface area contributed by atoms with Crippen LogP contribution in [0.3, 0.4) is 0 Å². The fraction of sp³-hybridized carbons (Fsp3) is 0.417. The molecule has 0 saturated carbocycles. The molecule has 2 amide bonds. The van der Waals surface area contributed by atoms with Gasteiger partial charge in [-0.25, -0.2) is 4.79 Å². The van der Waals surface area contributed by atoms with Crippen LogP contribution >= 0.6 is 0 Å². The van der Waals surface area contributed by atoms with E-state index >= 15 is 0 Å². The molecular formula is C36H45N5O4. The third-order valence-corrected chi connectivity index (χ3v) is 8.96. The molecule has 2 fully saturated rings. The number of nitrogens with zero attached hydrogens (tertiary/aromatic N) is 2. The Kier molecular flexibility index (Phi) is 11.4. The number of amides is 2. The van der Waals surface area contributed by atoms with Crippen molar-refractivity contribution >= 4 is 23.5 Å². The number of carbonyl (C=O) groups excluding carboxylic acids is 3. The van der Waals surface area contributed by atoms with Crippen LogP contribution in [0.15, 0.2) is 78.9 Å². The number of hydrogen-bond donors (Lipinski definition) is 3. The standard InChI is InChI=1S/C36H45N5O4/c1-26(34(42)29-13-11-27(12-14-29)25-41-20-15-30(16-21-41)35(37)43)38-19-24-40-22-17-31(18-23-40)45-36(44)39-33-10-6-5-9-32(33)28-7-3-2-4-8-28/h2-14,26,30-31,38H,15-25H2,1H3,(H2,37,43)(H,39,44). The summed E-state index contributed by atoms with van der Waals surface area (Å²) in [5.41, 5.74) is 10.0. The third kappa shape index (κ3) is 9.23. The molecular weight excluding hydrogens is 566 g/mol. The first-order valence-electron chi connectivity index (χ1n) is 16.1. The van der Waals surface area contributed by atoms with Crippen molar-refractivity contribution in [2.24, 2.45) is 11.7 Å². The van der Waals surface area contributed by atoms with Crippen molar-refractivity contribution < 1.29 is 19.1 Å². The average molecular weight is 612 g/mol. The lowest BCUT2D eigenvalue weighted by molar-refractivity contribution is -0.123. The predicted molar refractivity (Wildman–Crippen MR) is 177 cm³/mol. The Morgan fingerprint density at radius 3 is 2.18 bits per heavy atom. The van der Waals surface area contributed by atoms with Crippen LogP contribution in [0.4, 0.5) is 10.5 Å². The van der Waals surface area contributed by atoms with E-state index in [4.69, 9.17) is 10.5 Å². The SMILES string of the molecule is CC(NCCN1CCC(OC(=O)Nc2ccccc2-c2ccccc2)CC1)C(=O)c1ccc(CN2CCC(C(N)=O)CC2)cc1. The molecule has 2 saturated heterocycles. The molecule has 2 aliphatic heterocycles. The van der Waals surface area contributed by atoms with Gasteiger partial charge in [-0.2, -0.15) is 0 Å². The van der Waals surface area contributed by atoms with Gasteiger partial charge < -0.3 is 20.7 Å². The van der Waals surface area contributed by atoms with E-state index in [1.165, 1.54) is 0 Å². The Bertz CT molecular complexity index is 1410. The minimum Gasteiger partial charge on any atom is -0.446 e. The lowest BCUT2D eigenvalue weighted by Crippen LogP contribution is -2.43. The van der Waals surface area contributed by atoms with Crippen molar-refractivity contribution in [3.05, 3.63) is 90.0 Å². The molecule has 2 aliphatic rings. The number of likely N-dealkylation sites (tertiary alicyclic amines) is 2. The smallest absolute Gasteiger partial charge is 0.411 e. The largest absolute Gasteiger partial charge is 0.446 e. The van der Waals surface area contributed by atoms with Crippen LogP contribution in [0.1, 0.15) is 48.5 Å². The third-order valence-electron chi connectivity index (χ3n) is 8.96. The van der Waals surface area contributed by atoms with Crippen molar-refractivity contribution in [1.82, 2.24) is 15.1 Å². The second-order valence-electron chi connectivity index (χ2n) is 12.2. The van der Waals surface area contributed by atoms with Gasteiger partial charge in [0, 0.05) is 49.8 Å². The van der Waals surface area contributed by atoms with Crippen LogP contribution in [0.2, 0.25) is 0 Å². The quantitative estimate of drug-likeness (QED) is 0.249. The van der Waals surface area contributed by atoms with Crippen LogP contribution < -0.4 is 16.4 Å². The Morgan fingerprint density at radius 2 is 1.49 bits per heavy atom. The first-order chi connectivity index (χ1) is 21.9. The highest BCUT2D eigenvalue weighted by molar-refractivity contribution is 5.99. The molecule has 3 aromatic carbocycles. The maximum Gasteiger partial charge on any atom is 0.411 e. The van der Waals surface area contributed by atoms with E-state index in [2.05, 4.69) is 20.4 Å². The summed E-state index contributed by atoms with van der Waals surface area (Å²) in [5.74, 6) is -0.127. The first-order valence-corrected chi connectivity index (χ1v) is 16.1. The summed E-state index contributed by atoms with van der Waals surface area (Å²) in [6.07, 6.45) is 2.62. The summed E-state index contributed by atoms with van der Waals surface area (Å²) in [5, 5.41) is 6.31. The Labute approximate surface area is 266 Å². The molecule has 0 aromatic heterocycles. The van der Waals surface area contributed by atoms with E-state index < -0.39 is 6.09 Å². The maximum atomic E-state index is 13.0. The predicted octanol–water partition coefficient (Wildman–Crippen LogP) is 4.92. The van der Waals surface area contributed by atoms with E-state index in [9.17, 15) is 14.4 Å². The zero-order chi connectivity index (χ0) is 31.6. The number of anilines is 1. The van der Waals surface area contributed by atoms with Crippen molar-refractivity contribution in [1.29, 1.82) is 0 Å². The molecule has 0 spiro atoms. The van der Waals surface area contributed by atoms with Crippen LogP contribution in [-0.2, 0) is 16.1 Å². The van der Waals surface area contributed by atoms with Crippen LogP contribution in [-0.4, -0.2) is 79.0 Å². The van der Waals surface area contributed by atoms with Gasteiger partial charge in [0.25, 0.3) is 0 Å². The molecule has 0 aliphatic carbocycles. The molecule has 45 heavy (non-hydrogen) atoms. The van der Waals surface area contributed by atoms with Gasteiger partial charge >= 0.3 is 6.09 Å². The zero-order valence-electron chi connectivity index (χ0n) is 26.1. The molecule has 3 aromatic rings. The van der Waals surface area contributed by atoms with Gasteiger partial charge in [0.15, 0.2) is 5.78 Å². The number of ether oxygens (including phenoxy) is 1. The summed E-state index contributed by atoms with van der Waals surface area (Å²) in [6, 6.07) is 25.3. The van der Waals surface area contributed by atoms with Crippen molar-refractivity contribution in [3.8, 4) is 11.1 Å². The lowest BCUT2D eigenvalue weighted by Gasteiger charge is -2.32. The van der Waals surface area contributed by atoms with E-state index in [0.29, 0.717) is 12.1 Å². The summed E-state index contributed by atoms with van der Waals surface area (Å²) in [4.78, 5) is 41.8. The van der Waals surface area contributed by atoms with E-state index in [1.807, 2.05) is 85.8 Å². The van der Waals surface area contributed by atoms with Gasteiger partial charge in [0.2, 0.25) is 5.91 Å². The number of primary amides is 1. The van der Waals surface area contributed by atoms with Gasteiger partial charge in [-0.1, -0.05) is 72.8 Å². The highest BCUT2D eigenvalue weighted by atomic mass is 16.6. The lowest BCUT2D eigenvalue weighted by atomic mass is 9.96. The minimum atomic E-state index is -0.427. The van der Waals surface area contributed by atoms with Crippen LogP contribution in [0.25, 0.3) is 11.1 Å². The average Bonchev–Trinajstić information content (AvgIpc) is 3.06. The molecule has 0 radical (unpaired) electrons. The molecule has 0 bridgehead atoms. The number of carbonyl (C=O) groups is 3. The first kappa shape index (κ1) is 32.3. The number of nitrogens with two attached hydrogens (primary N) is 1. The Morgan fingerprint density at radius 1 is 0.844 bits per heavy atom. The molecule has 5 rings (SSSR count). The number of piperidine rings is 2. The van der Waals surface area contributed by atoms with Crippen molar-refractivity contribution in [3.63, 3.8) is 0 Å². The monoisotopic (exact) mass is 611 g/mol.